The lowest BCUT2D eigenvalue weighted by Crippen LogP contribution is -2.31. The molecule has 2 bridgehead atoms. The number of hydrogen-bond acceptors (Lipinski definition) is 2. The maximum atomic E-state index is 11.7. The van der Waals surface area contributed by atoms with E-state index in [1.54, 1.807) is 0 Å². The number of fused-ring (bicyclic) bond motifs is 2. The van der Waals surface area contributed by atoms with Gasteiger partial charge in [-0.2, -0.15) is 0 Å². The summed E-state index contributed by atoms with van der Waals surface area (Å²) in [6.45, 7) is 5.92. The van der Waals surface area contributed by atoms with E-state index in [0.717, 1.165) is 11.5 Å². The number of carbonyl (C=O) groups excluding carboxylic acids is 1. The van der Waals surface area contributed by atoms with Crippen LogP contribution in [0.5, 0.6) is 0 Å². The Kier molecular flexibility index (Phi) is 2.85. The number of esters is 1. The van der Waals surface area contributed by atoms with Crippen molar-refractivity contribution in [2.45, 2.75) is 46.1 Å². The van der Waals surface area contributed by atoms with Crippen molar-refractivity contribution >= 4 is 5.97 Å². The maximum absolute atomic E-state index is 11.7. The highest BCUT2D eigenvalue weighted by Gasteiger charge is 2.47. The third-order valence-corrected chi connectivity index (χ3v) is 4.24. The molecule has 0 radical (unpaired) electrons. The Morgan fingerprint density at radius 2 is 2.00 bits per heavy atom. The Bertz CT molecular complexity index is 291. The molecule has 2 saturated carbocycles. The summed E-state index contributed by atoms with van der Waals surface area (Å²) >= 11 is 0. The van der Waals surface area contributed by atoms with Gasteiger partial charge in [-0.1, -0.05) is 13.0 Å². The van der Waals surface area contributed by atoms with Gasteiger partial charge in [0.1, 0.15) is 6.10 Å². The molecular weight excluding hydrogens is 188 g/mol. The summed E-state index contributed by atoms with van der Waals surface area (Å²) in [5.41, 5.74) is 0.727. The average Bonchev–Trinajstić information content (AvgIpc) is 2.80. The molecule has 2 rings (SSSR count). The Morgan fingerprint density at radius 3 is 2.53 bits per heavy atom. The van der Waals surface area contributed by atoms with Crippen LogP contribution in [0, 0.1) is 17.8 Å². The number of carbonyl (C=O) groups is 1. The normalized spacial score (nSPS) is 39.5. The molecular formula is C13H20O2. The molecule has 4 atom stereocenters. The second kappa shape index (κ2) is 3.99. The lowest BCUT2D eigenvalue weighted by atomic mass is 9.88. The van der Waals surface area contributed by atoms with Gasteiger partial charge in [0, 0.05) is 5.57 Å². The van der Waals surface area contributed by atoms with Crippen molar-refractivity contribution in [3.05, 3.63) is 11.6 Å². The van der Waals surface area contributed by atoms with Gasteiger partial charge < -0.3 is 4.74 Å². The summed E-state index contributed by atoms with van der Waals surface area (Å²) in [6.07, 6.45) is 5.87. The molecule has 2 fully saturated rings. The number of rotatable bonds is 2. The fraction of sp³-hybridized carbons (Fsp3) is 0.769. The maximum Gasteiger partial charge on any atom is 0.333 e. The first-order chi connectivity index (χ1) is 7.13. The highest BCUT2D eigenvalue weighted by atomic mass is 16.5. The van der Waals surface area contributed by atoms with Crippen molar-refractivity contribution < 1.29 is 9.53 Å². The smallest absolute Gasteiger partial charge is 0.333 e. The SMILES string of the molecule is CC=C(C)C(=O)OC1C2CCC(C2)C1C. The average molecular weight is 208 g/mol. The van der Waals surface area contributed by atoms with Gasteiger partial charge in [-0.25, -0.2) is 4.79 Å². The molecule has 0 aliphatic heterocycles. The quantitative estimate of drug-likeness (QED) is 0.515. The minimum atomic E-state index is -0.123. The molecule has 0 aromatic heterocycles. The first kappa shape index (κ1) is 10.7. The highest BCUT2D eigenvalue weighted by molar-refractivity contribution is 5.87. The first-order valence-corrected chi connectivity index (χ1v) is 5.97. The van der Waals surface area contributed by atoms with E-state index < -0.39 is 0 Å². The van der Waals surface area contributed by atoms with E-state index >= 15 is 0 Å². The van der Waals surface area contributed by atoms with Gasteiger partial charge in [0.05, 0.1) is 0 Å². The van der Waals surface area contributed by atoms with Gasteiger partial charge in [-0.15, -0.1) is 0 Å². The molecule has 2 nitrogen and oxygen atoms in total. The van der Waals surface area contributed by atoms with Crippen molar-refractivity contribution in [1.29, 1.82) is 0 Å². The summed E-state index contributed by atoms with van der Waals surface area (Å²) in [5, 5.41) is 0. The van der Waals surface area contributed by atoms with Crippen LogP contribution in [0.25, 0.3) is 0 Å². The van der Waals surface area contributed by atoms with Crippen molar-refractivity contribution in [3.63, 3.8) is 0 Å². The van der Waals surface area contributed by atoms with Crippen LogP contribution in [0.15, 0.2) is 11.6 Å². The number of allylic oxidation sites excluding steroid dienone is 1. The van der Waals surface area contributed by atoms with E-state index in [1.165, 1.54) is 19.3 Å². The molecule has 0 aromatic rings. The van der Waals surface area contributed by atoms with E-state index in [9.17, 15) is 4.79 Å². The largest absolute Gasteiger partial charge is 0.458 e. The Labute approximate surface area is 91.7 Å². The molecule has 0 aromatic carbocycles. The van der Waals surface area contributed by atoms with E-state index in [1.807, 2.05) is 19.9 Å². The predicted molar refractivity (Wildman–Crippen MR) is 59.3 cm³/mol. The summed E-state index contributed by atoms with van der Waals surface area (Å²) in [4.78, 5) is 11.7. The Morgan fingerprint density at radius 1 is 1.33 bits per heavy atom. The second-order valence-electron chi connectivity index (χ2n) is 5.03. The minimum absolute atomic E-state index is 0.123. The van der Waals surface area contributed by atoms with E-state index in [2.05, 4.69) is 6.92 Å². The third-order valence-electron chi connectivity index (χ3n) is 4.24. The summed E-state index contributed by atoms with van der Waals surface area (Å²) in [5.74, 6) is 1.89. The van der Waals surface area contributed by atoms with Crippen LogP contribution in [0.2, 0.25) is 0 Å². The molecule has 0 amide bonds. The first-order valence-electron chi connectivity index (χ1n) is 5.97. The molecule has 2 aliphatic carbocycles. The summed E-state index contributed by atoms with van der Waals surface area (Å²) in [6, 6.07) is 0. The van der Waals surface area contributed by atoms with Crippen LogP contribution in [0.3, 0.4) is 0 Å². The van der Waals surface area contributed by atoms with Crippen LogP contribution < -0.4 is 0 Å². The zero-order chi connectivity index (χ0) is 11.0. The van der Waals surface area contributed by atoms with Crippen molar-refractivity contribution in [2.75, 3.05) is 0 Å². The monoisotopic (exact) mass is 208 g/mol. The third kappa shape index (κ3) is 1.82. The lowest BCUT2D eigenvalue weighted by Gasteiger charge is -2.28. The number of hydrogen-bond donors (Lipinski definition) is 0. The molecule has 0 heterocycles. The lowest BCUT2D eigenvalue weighted by molar-refractivity contribution is -0.149. The molecule has 0 saturated heterocycles. The number of ether oxygens (including phenoxy) is 1. The fourth-order valence-electron chi connectivity index (χ4n) is 3.06. The summed E-state index contributed by atoms with van der Waals surface area (Å²) in [7, 11) is 0. The van der Waals surface area contributed by atoms with Gasteiger partial charge in [0.25, 0.3) is 0 Å². The molecule has 0 N–H and O–H groups in total. The fourth-order valence-corrected chi connectivity index (χ4v) is 3.06. The van der Waals surface area contributed by atoms with Gasteiger partial charge in [-0.3, -0.25) is 0 Å². The van der Waals surface area contributed by atoms with Gasteiger partial charge in [0.2, 0.25) is 0 Å². The van der Waals surface area contributed by atoms with Crippen molar-refractivity contribution in [2.24, 2.45) is 17.8 Å². The second-order valence-corrected chi connectivity index (χ2v) is 5.03. The highest BCUT2D eigenvalue weighted by Crippen LogP contribution is 2.49. The van der Waals surface area contributed by atoms with Crippen LogP contribution in [-0.4, -0.2) is 12.1 Å². The van der Waals surface area contributed by atoms with Crippen LogP contribution in [-0.2, 0) is 9.53 Å². The minimum Gasteiger partial charge on any atom is -0.458 e. The zero-order valence-corrected chi connectivity index (χ0v) is 9.82. The van der Waals surface area contributed by atoms with Crippen molar-refractivity contribution in [1.82, 2.24) is 0 Å². The van der Waals surface area contributed by atoms with Gasteiger partial charge >= 0.3 is 5.97 Å². The Balaban J connectivity index is 1.98. The van der Waals surface area contributed by atoms with E-state index in [4.69, 9.17) is 4.74 Å². The van der Waals surface area contributed by atoms with Crippen LogP contribution in [0.1, 0.15) is 40.0 Å². The summed E-state index contributed by atoms with van der Waals surface area (Å²) < 4.78 is 5.60. The predicted octanol–water partition coefficient (Wildman–Crippen LogP) is 2.93. The van der Waals surface area contributed by atoms with E-state index in [0.29, 0.717) is 11.8 Å². The molecule has 15 heavy (non-hydrogen) atoms. The molecule has 2 heteroatoms. The van der Waals surface area contributed by atoms with Gasteiger partial charge in [0.15, 0.2) is 0 Å². The van der Waals surface area contributed by atoms with E-state index in [-0.39, 0.29) is 12.1 Å². The topological polar surface area (TPSA) is 26.3 Å². The molecule has 0 spiro atoms. The molecule has 2 aliphatic rings. The van der Waals surface area contributed by atoms with Crippen molar-refractivity contribution in [3.8, 4) is 0 Å². The van der Waals surface area contributed by atoms with Crippen LogP contribution >= 0.6 is 0 Å². The zero-order valence-electron chi connectivity index (χ0n) is 9.82. The molecule has 84 valence electrons. The van der Waals surface area contributed by atoms with Crippen LogP contribution in [0.4, 0.5) is 0 Å². The molecule has 4 unspecified atom stereocenters. The Hall–Kier alpha value is -0.790. The van der Waals surface area contributed by atoms with Gasteiger partial charge in [-0.05, 0) is 50.9 Å². The standard InChI is InChI=1S/C13H20O2/c1-4-8(2)13(14)15-12-9(3)10-5-6-11(12)7-10/h4,9-12H,5-7H2,1-3H3.